The second-order valence-electron chi connectivity index (χ2n) is 5.62. The summed E-state index contributed by atoms with van der Waals surface area (Å²) >= 11 is 0. The van der Waals surface area contributed by atoms with Crippen LogP contribution in [0.5, 0.6) is 0 Å². The van der Waals surface area contributed by atoms with E-state index in [0.717, 1.165) is 34.5 Å². The van der Waals surface area contributed by atoms with Crippen LogP contribution in [-0.2, 0) is 0 Å². The van der Waals surface area contributed by atoms with Gasteiger partial charge in [-0.1, -0.05) is 57.4 Å². The van der Waals surface area contributed by atoms with E-state index in [1.807, 2.05) is 30.3 Å². The Labute approximate surface area is 127 Å². The highest BCUT2D eigenvalue weighted by Gasteiger charge is 2.08. The zero-order valence-electron chi connectivity index (χ0n) is 13.0. The summed E-state index contributed by atoms with van der Waals surface area (Å²) in [5.74, 6) is 0.722. The lowest BCUT2D eigenvalue weighted by atomic mass is 9.98. The number of hydrogen-bond acceptors (Lipinski definition) is 2. The molecule has 2 rings (SSSR count). The molecule has 1 atom stereocenters. The summed E-state index contributed by atoms with van der Waals surface area (Å²) in [7, 11) is 0. The number of unbranched alkanes of at least 4 members (excludes halogenated alkanes) is 1. The summed E-state index contributed by atoms with van der Waals surface area (Å²) in [6, 6.07) is 14.4. The van der Waals surface area contributed by atoms with Gasteiger partial charge in [0.1, 0.15) is 0 Å². The summed E-state index contributed by atoms with van der Waals surface area (Å²) < 4.78 is 0. The number of nitrogens with zero attached hydrogens (tertiary/aromatic N) is 1. The van der Waals surface area contributed by atoms with Crippen LogP contribution < -0.4 is 5.32 Å². The quantitative estimate of drug-likeness (QED) is 0.743. The molecule has 2 nitrogen and oxygen atoms in total. The number of anilines is 1. The van der Waals surface area contributed by atoms with Crippen molar-refractivity contribution in [2.24, 2.45) is 5.92 Å². The van der Waals surface area contributed by atoms with Crippen molar-refractivity contribution in [3.63, 3.8) is 0 Å². The average Bonchev–Trinajstić information content (AvgIpc) is 2.55. The van der Waals surface area contributed by atoms with E-state index in [1.54, 1.807) is 0 Å². The van der Waals surface area contributed by atoms with Gasteiger partial charge >= 0.3 is 0 Å². The first-order valence-corrected chi connectivity index (χ1v) is 7.95. The molecule has 0 saturated heterocycles. The van der Waals surface area contributed by atoms with E-state index in [9.17, 15) is 5.26 Å². The number of benzene rings is 2. The topological polar surface area (TPSA) is 35.8 Å². The minimum atomic E-state index is 0.722. The van der Waals surface area contributed by atoms with Crippen LogP contribution in [0.2, 0.25) is 0 Å². The lowest BCUT2D eigenvalue weighted by Gasteiger charge is -2.17. The van der Waals surface area contributed by atoms with Crippen LogP contribution in [0, 0.1) is 17.2 Å². The van der Waals surface area contributed by atoms with Crippen molar-refractivity contribution in [2.45, 2.75) is 39.5 Å². The lowest BCUT2D eigenvalue weighted by molar-refractivity contribution is 0.473. The van der Waals surface area contributed by atoms with Crippen LogP contribution in [0.1, 0.15) is 45.1 Å². The summed E-state index contributed by atoms with van der Waals surface area (Å²) in [5, 5.41) is 15.0. The Morgan fingerprint density at radius 3 is 2.52 bits per heavy atom. The molecule has 0 fully saturated rings. The normalized spacial score (nSPS) is 12.0. The third-order valence-electron chi connectivity index (χ3n) is 4.17. The average molecular weight is 280 g/mol. The van der Waals surface area contributed by atoms with Crippen molar-refractivity contribution < 1.29 is 0 Å². The van der Waals surface area contributed by atoms with Gasteiger partial charge in [0.05, 0.1) is 11.6 Å². The molecule has 0 aliphatic carbocycles. The molecular formula is C19H24N2. The molecule has 2 heteroatoms. The van der Waals surface area contributed by atoms with Gasteiger partial charge in [0.2, 0.25) is 0 Å². The van der Waals surface area contributed by atoms with Gasteiger partial charge < -0.3 is 5.32 Å². The van der Waals surface area contributed by atoms with E-state index in [1.165, 1.54) is 25.7 Å². The minimum Gasteiger partial charge on any atom is -0.384 e. The first-order valence-electron chi connectivity index (χ1n) is 7.95. The second-order valence-corrected chi connectivity index (χ2v) is 5.62. The number of nitriles is 1. The lowest BCUT2D eigenvalue weighted by Crippen LogP contribution is -2.13. The van der Waals surface area contributed by atoms with Crippen molar-refractivity contribution in [1.29, 1.82) is 5.26 Å². The standard InChI is InChI=1S/C19H24N2/c1-3-5-8-15(4-2)14-21-19-12-11-16(13-20)17-9-6-7-10-18(17)19/h6-7,9-12,15,21H,3-5,8,14H2,1-2H3. The maximum absolute atomic E-state index is 9.21. The first-order chi connectivity index (χ1) is 10.3. The van der Waals surface area contributed by atoms with Gasteiger partial charge in [-0.2, -0.15) is 5.26 Å². The molecule has 0 saturated carbocycles. The maximum atomic E-state index is 9.21. The van der Waals surface area contributed by atoms with Gasteiger partial charge in [0.25, 0.3) is 0 Å². The first kappa shape index (κ1) is 15.4. The molecule has 0 heterocycles. The van der Waals surface area contributed by atoms with Crippen LogP contribution in [0.3, 0.4) is 0 Å². The van der Waals surface area contributed by atoms with E-state index in [-0.39, 0.29) is 0 Å². The van der Waals surface area contributed by atoms with Crippen LogP contribution in [0.25, 0.3) is 10.8 Å². The number of fused-ring (bicyclic) bond motifs is 1. The number of hydrogen-bond donors (Lipinski definition) is 1. The smallest absolute Gasteiger partial charge is 0.0998 e. The fourth-order valence-corrected chi connectivity index (χ4v) is 2.75. The molecule has 21 heavy (non-hydrogen) atoms. The molecule has 1 unspecified atom stereocenters. The molecule has 1 N–H and O–H groups in total. The van der Waals surface area contributed by atoms with Crippen LogP contribution in [0.15, 0.2) is 36.4 Å². The molecule has 0 aliphatic rings. The molecule has 0 aliphatic heterocycles. The Morgan fingerprint density at radius 2 is 1.86 bits per heavy atom. The minimum absolute atomic E-state index is 0.722. The monoisotopic (exact) mass is 280 g/mol. The van der Waals surface area contributed by atoms with Gasteiger partial charge in [-0.3, -0.25) is 0 Å². The zero-order chi connectivity index (χ0) is 15.1. The van der Waals surface area contributed by atoms with E-state index in [2.05, 4.69) is 31.3 Å². The highest BCUT2D eigenvalue weighted by molar-refractivity contribution is 5.97. The van der Waals surface area contributed by atoms with Crippen molar-refractivity contribution in [1.82, 2.24) is 0 Å². The molecular weight excluding hydrogens is 256 g/mol. The summed E-state index contributed by atoms with van der Waals surface area (Å²) in [6.07, 6.45) is 5.06. The van der Waals surface area contributed by atoms with Gasteiger partial charge in [-0.25, -0.2) is 0 Å². The van der Waals surface area contributed by atoms with E-state index in [4.69, 9.17) is 0 Å². The molecule has 2 aromatic rings. The Morgan fingerprint density at radius 1 is 1.10 bits per heavy atom. The molecule has 0 radical (unpaired) electrons. The van der Waals surface area contributed by atoms with Gasteiger partial charge in [0.15, 0.2) is 0 Å². The summed E-state index contributed by atoms with van der Waals surface area (Å²) in [5.41, 5.74) is 1.88. The predicted molar refractivity (Wildman–Crippen MR) is 90.5 cm³/mol. The Hall–Kier alpha value is -2.01. The van der Waals surface area contributed by atoms with Gasteiger partial charge in [0, 0.05) is 23.0 Å². The molecule has 0 bridgehead atoms. The third kappa shape index (κ3) is 3.76. The Kier molecular flexibility index (Phi) is 5.63. The van der Waals surface area contributed by atoms with E-state index >= 15 is 0 Å². The Bertz CT molecular complexity index is 625. The fourth-order valence-electron chi connectivity index (χ4n) is 2.75. The highest BCUT2D eigenvalue weighted by Crippen LogP contribution is 2.27. The second kappa shape index (κ2) is 7.69. The fraction of sp³-hybridized carbons (Fsp3) is 0.421. The Balaban J connectivity index is 2.17. The number of rotatable bonds is 7. The van der Waals surface area contributed by atoms with Gasteiger partial charge in [-0.05, 0) is 24.5 Å². The molecule has 2 aromatic carbocycles. The van der Waals surface area contributed by atoms with Crippen molar-refractivity contribution in [2.75, 3.05) is 11.9 Å². The summed E-state index contributed by atoms with van der Waals surface area (Å²) in [6.45, 7) is 5.51. The summed E-state index contributed by atoms with van der Waals surface area (Å²) in [4.78, 5) is 0. The molecule has 0 spiro atoms. The number of nitrogens with one attached hydrogen (secondary N) is 1. The van der Waals surface area contributed by atoms with Gasteiger partial charge in [-0.15, -0.1) is 0 Å². The van der Waals surface area contributed by atoms with Crippen LogP contribution in [-0.4, -0.2) is 6.54 Å². The van der Waals surface area contributed by atoms with E-state index < -0.39 is 0 Å². The zero-order valence-corrected chi connectivity index (χ0v) is 13.0. The SMILES string of the molecule is CCCCC(CC)CNc1ccc(C#N)c2ccccc12. The predicted octanol–water partition coefficient (Wildman–Crippen LogP) is 5.34. The molecule has 0 amide bonds. The molecule has 110 valence electrons. The van der Waals surface area contributed by atoms with E-state index in [0.29, 0.717) is 0 Å². The largest absolute Gasteiger partial charge is 0.384 e. The molecule has 0 aromatic heterocycles. The van der Waals surface area contributed by atoms with Crippen molar-refractivity contribution in [3.8, 4) is 6.07 Å². The third-order valence-corrected chi connectivity index (χ3v) is 4.17. The maximum Gasteiger partial charge on any atom is 0.0998 e. The van der Waals surface area contributed by atoms with Crippen molar-refractivity contribution in [3.05, 3.63) is 42.0 Å². The van der Waals surface area contributed by atoms with Crippen LogP contribution >= 0.6 is 0 Å². The highest BCUT2D eigenvalue weighted by atomic mass is 14.9. The van der Waals surface area contributed by atoms with Crippen molar-refractivity contribution >= 4 is 16.5 Å². The van der Waals surface area contributed by atoms with Crippen LogP contribution in [0.4, 0.5) is 5.69 Å².